The molecule has 0 aromatic heterocycles. The molecule has 0 saturated carbocycles. The highest BCUT2D eigenvalue weighted by atomic mass is 16.1. The van der Waals surface area contributed by atoms with E-state index in [1.54, 1.807) is 13.8 Å². The molecule has 0 N–H and O–H groups in total. The van der Waals surface area contributed by atoms with Crippen LogP contribution in [-0.4, -0.2) is 11.6 Å². The SMILES string of the molecule is CC(=O)CCCC(C(C)=O)C(C)C. The van der Waals surface area contributed by atoms with Crippen molar-refractivity contribution >= 4 is 11.6 Å². The van der Waals surface area contributed by atoms with E-state index in [1.165, 1.54) is 0 Å². The minimum atomic E-state index is 0.138. The zero-order chi connectivity index (χ0) is 10.4. The summed E-state index contributed by atoms with van der Waals surface area (Å²) in [4.78, 5) is 21.9. The molecule has 0 fully saturated rings. The molecule has 0 aromatic rings. The quantitative estimate of drug-likeness (QED) is 0.636. The Bertz CT molecular complexity index is 183. The van der Waals surface area contributed by atoms with Crippen molar-refractivity contribution in [3.63, 3.8) is 0 Å². The fraction of sp³-hybridized carbons (Fsp3) is 0.818. The summed E-state index contributed by atoms with van der Waals surface area (Å²) in [6.45, 7) is 7.34. The molecule has 13 heavy (non-hydrogen) atoms. The summed E-state index contributed by atoms with van der Waals surface area (Å²) in [6.07, 6.45) is 2.31. The van der Waals surface area contributed by atoms with Crippen LogP contribution in [0.4, 0.5) is 0 Å². The summed E-state index contributed by atoms with van der Waals surface area (Å²) in [7, 11) is 0. The number of hydrogen-bond acceptors (Lipinski definition) is 2. The van der Waals surface area contributed by atoms with Crippen LogP contribution in [-0.2, 0) is 9.59 Å². The number of rotatable bonds is 6. The van der Waals surface area contributed by atoms with Gasteiger partial charge in [0.2, 0.25) is 0 Å². The van der Waals surface area contributed by atoms with Crippen molar-refractivity contribution in [2.75, 3.05) is 0 Å². The van der Waals surface area contributed by atoms with Crippen molar-refractivity contribution in [1.82, 2.24) is 0 Å². The monoisotopic (exact) mass is 184 g/mol. The number of hydrogen-bond donors (Lipinski definition) is 0. The van der Waals surface area contributed by atoms with E-state index in [0.29, 0.717) is 12.3 Å². The van der Waals surface area contributed by atoms with Crippen molar-refractivity contribution in [2.45, 2.75) is 47.0 Å². The van der Waals surface area contributed by atoms with Crippen molar-refractivity contribution < 1.29 is 9.59 Å². The molecule has 0 heterocycles. The summed E-state index contributed by atoms with van der Waals surface area (Å²) in [6, 6.07) is 0. The molecule has 0 aliphatic carbocycles. The van der Waals surface area contributed by atoms with Gasteiger partial charge in [-0.05, 0) is 32.6 Å². The third-order valence-electron chi connectivity index (χ3n) is 2.37. The van der Waals surface area contributed by atoms with Gasteiger partial charge in [0, 0.05) is 12.3 Å². The van der Waals surface area contributed by atoms with E-state index in [9.17, 15) is 9.59 Å². The van der Waals surface area contributed by atoms with E-state index in [2.05, 4.69) is 13.8 Å². The lowest BCUT2D eigenvalue weighted by Gasteiger charge is -2.16. The molecule has 2 nitrogen and oxygen atoms in total. The van der Waals surface area contributed by atoms with Gasteiger partial charge < -0.3 is 4.79 Å². The Hall–Kier alpha value is -0.660. The van der Waals surface area contributed by atoms with Crippen LogP contribution in [0.3, 0.4) is 0 Å². The Labute approximate surface area is 80.7 Å². The van der Waals surface area contributed by atoms with Gasteiger partial charge in [0.1, 0.15) is 11.6 Å². The number of carbonyl (C=O) groups is 2. The van der Waals surface area contributed by atoms with E-state index < -0.39 is 0 Å². The van der Waals surface area contributed by atoms with Crippen LogP contribution >= 0.6 is 0 Å². The van der Waals surface area contributed by atoms with E-state index in [-0.39, 0.29) is 17.5 Å². The third-order valence-corrected chi connectivity index (χ3v) is 2.37. The van der Waals surface area contributed by atoms with Crippen molar-refractivity contribution in [3.8, 4) is 0 Å². The van der Waals surface area contributed by atoms with Crippen molar-refractivity contribution in [2.24, 2.45) is 11.8 Å². The topological polar surface area (TPSA) is 34.1 Å². The molecule has 0 aromatic carbocycles. The largest absolute Gasteiger partial charge is 0.300 e. The van der Waals surface area contributed by atoms with Crippen LogP contribution in [0.1, 0.15) is 47.0 Å². The molecule has 1 unspecified atom stereocenters. The molecule has 0 saturated heterocycles. The average molecular weight is 184 g/mol. The van der Waals surface area contributed by atoms with Crippen LogP contribution in [0.2, 0.25) is 0 Å². The predicted molar refractivity (Wildman–Crippen MR) is 53.5 cm³/mol. The second-order valence-electron chi connectivity index (χ2n) is 4.06. The number of carbonyl (C=O) groups excluding carboxylic acids is 2. The molecule has 2 heteroatoms. The van der Waals surface area contributed by atoms with Crippen LogP contribution in [0.25, 0.3) is 0 Å². The number of ketones is 2. The van der Waals surface area contributed by atoms with Gasteiger partial charge in [0.15, 0.2) is 0 Å². The third kappa shape index (κ3) is 5.56. The summed E-state index contributed by atoms with van der Waals surface area (Å²) >= 11 is 0. The summed E-state index contributed by atoms with van der Waals surface area (Å²) in [5, 5.41) is 0. The van der Waals surface area contributed by atoms with Gasteiger partial charge in [-0.15, -0.1) is 0 Å². The lowest BCUT2D eigenvalue weighted by molar-refractivity contribution is -0.123. The van der Waals surface area contributed by atoms with Gasteiger partial charge in [-0.25, -0.2) is 0 Å². The first kappa shape index (κ1) is 12.3. The Morgan fingerprint density at radius 2 is 1.69 bits per heavy atom. The van der Waals surface area contributed by atoms with Gasteiger partial charge in [-0.1, -0.05) is 13.8 Å². The minimum absolute atomic E-state index is 0.138. The maximum absolute atomic E-state index is 11.2. The van der Waals surface area contributed by atoms with Crippen LogP contribution < -0.4 is 0 Å². The first-order valence-corrected chi connectivity index (χ1v) is 4.95. The average Bonchev–Trinajstić information content (AvgIpc) is 1.95. The zero-order valence-corrected chi connectivity index (χ0v) is 9.09. The second kappa shape index (κ2) is 5.90. The standard InChI is InChI=1S/C11H20O2/c1-8(2)11(10(4)13)7-5-6-9(3)12/h8,11H,5-7H2,1-4H3. The van der Waals surface area contributed by atoms with Gasteiger partial charge in [0.05, 0.1) is 0 Å². The minimum Gasteiger partial charge on any atom is -0.300 e. The molecule has 76 valence electrons. The van der Waals surface area contributed by atoms with E-state index in [4.69, 9.17) is 0 Å². The van der Waals surface area contributed by atoms with Gasteiger partial charge in [0.25, 0.3) is 0 Å². The molecule has 0 radical (unpaired) electrons. The highest BCUT2D eigenvalue weighted by molar-refractivity contribution is 5.78. The summed E-state index contributed by atoms with van der Waals surface area (Å²) in [5.74, 6) is 0.994. The Morgan fingerprint density at radius 3 is 2.00 bits per heavy atom. The first-order chi connectivity index (χ1) is 5.95. The predicted octanol–water partition coefficient (Wildman–Crippen LogP) is 2.61. The maximum Gasteiger partial charge on any atom is 0.133 e. The lowest BCUT2D eigenvalue weighted by Crippen LogP contribution is -2.17. The molecular weight excluding hydrogens is 164 g/mol. The van der Waals surface area contributed by atoms with Gasteiger partial charge in [-0.2, -0.15) is 0 Å². The zero-order valence-electron chi connectivity index (χ0n) is 9.09. The van der Waals surface area contributed by atoms with E-state index in [1.807, 2.05) is 0 Å². The van der Waals surface area contributed by atoms with Gasteiger partial charge >= 0.3 is 0 Å². The molecular formula is C11H20O2. The van der Waals surface area contributed by atoms with Gasteiger partial charge in [-0.3, -0.25) is 4.79 Å². The fourth-order valence-electron chi connectivity index (χ4n) is 1.58. The van der Waals surface area contributed by atoms with Crippen LogP contribution in [0, 0.1) is 11.8 Å². The van der Waals surface area contributed by atoms with Crippen LogP contribution in [0.5, 0.6) is 0 Å². The van der Waals surface area contributed by atoms with Crippen LogP contribution in [0.15, 0.2) is 0 Å². The van der Waals surface area contributed by atoms with E-state index >= 15 is 0 Å². The smallest absolute Gasteiger partial charge is 0.133 e. The summed E-state index contributed by atoms with van der Waals surface area (Å²) < 4.78 is 0. The molecule has 0 bridgehead atoms. The summed E-state index contributed by atoms with van der Waals surface area (Å²) in [5.41, 5.74) is 0. The highest BCUT2D eigenvalue weighted by Crippen LogP contribution is 2.19. The fourth-order valence-corrected chi connectivity index (χ4v) is 1.58. The molecule has 1 atom stereocenters. The Balaban J connectivity index is 3.84. The molecule has 0 aliphatic rings. The van der Waals surface area contributed by atoms with Crippen molar-refractivity contribution in [3.05, 3.63) is 0 Å². The Kier molecular flexibility index (Phi) is 5.60. The molecule has 0 rings (SSSR count). The highest BCUT2D eigenvalue weighted by Gasteiger charge is 2.17. The lowest BCUT2D eigenvalue weighted by atomic mass is 9.87. The Morgan fingerprint density at radius 1 is 1.15 bits per heavy atom. The molecule has 0 amide bonds. The van der Waals surface area contributed by atoms with E-state index in [0.717, 1.165) is 12.8 Å². The van der Waals surface area contributed by atoms with Crippen molar-refractivity contribution in [1.29, 1.82) is 0 Å². The second-order valence-corrected chi connectivity index (χ2v) is 4.06. The normalized spacial score (nSPS) is 13.0. The first-order valence-electron chi connectivity index (χ1n) is 4.95. The molecule has 0 spiro atoms. The molecule has 0 aliphatic heterocycles. The maximum atomic E-state index is 11.2. The number of Topliss-reactive ketones (excluding diaryl/α,β-unsaturated/α-hetero) is 2.